The smallest absolute Gasteiger partial charge is 0.252 e. The van der Waals surface area contributed by atoms with E-state index in [1.54, 1.807) is 43.3 Å². The molecule has 0 saturated heterocycles. The molecule has 3 N–H and O–H groups in total. The van der Waals surface area contributed by atoms with E-state index in [1.807, 2.05) is 17.8 Å². The Labute approximate surface area is 185 Å². The predicted molar refractivity (Wildman–Crippen MR) is 118 cm³/mol. The topological polar surface area (TPSA) is 117 Å². The van der Waals surface area contributed by atoms with Crippen molar-refractivity contribution in [2.45, 2.75) is 20.0 Å². The number of benzene rings is 2. The van der Waals surface area contributed by atoms with Crippen molar-refractivity contribution in [2.75, 3.05) is 18.9 Å². The number of hydrogen-bond acceptors (Lipinski definition) is 5. The van der Waals surface area contributed by atoms with Crippen molar-refractivity contribution in [1.29, 1.82) is 5.26 Å². The molecule has 2 aromatic carbocycles. The largest absolute Gasteiger partial charge is 0.365 e. The normalized spacial score (nSPS) is 12.7. The van der Waals surface area contributed by atoms with Gasteiger partial charge in [0.1, 0.15) is 11.5 Å². The Morgan fingerprint density at radius 3 is 2.72 bits per heavy atom. The minimum atomic E-state index is -0.497. The third-order valence-electron chi connectivity index (χ3n) is 5.07. The SMILES string of the molecule is Cc1cc(-c2nn3c(c2C(N)=O)CN(C)CC3)ccc1F.N#Cc1cccc(NC=O)c1. The maximum atomic E-state index is 13.4. The van der Waals surface area contributed by atoms with Crippen LogP contribution >= 0.6 is 0 Å². The highest BCUT2D eigenvalue weighted by molar-refractivity contribution is 6.00. The third-order valence-corrected chi connectivity index (χ3v) is 5.07. The number of hydrogen-bond donors (Lipinski definition) is 2. The number of likely N-dealkylation sites (N-methyl/N-ethyl adjacent to an activating group) is 1. The number of primary amides is 1. The fourth-order valence-corrected chi connectivity index (χ4v) is 3.44. The molecule has 0 saturated carbocycles. The maximum absolute atomic E-state index is 13.4. The van der Waals surface area contributed by atoms with Gasteiger partial charge in [0.25, 0.3) is 5.91 Å². The summed E-state index contributed by atoms with van der Waals surface area (Å²) in [7, 11) is 1.99. The monoisotopic (exact) mass is 434 g/mol. The first-order chi connectivity index (χ1) is 15.3. The van der Waals surface area contributed by atoms with E-state index in [1.165, 1.54) is 6.07 Å². The van der Waals surface area contributed by atoms with E-state index >= 15 is 0 Å². The molecule has 164 valence electrons. The minimum Gasteiger partial charge on any atom is -0.365 e. The van der Waals surface area contributed by atoms with Crippen molar-refractivity contribution in [1.82, 2.24) is 14.7 Å². The second kappa shape index (κ2) is 9.85. The summed E-state index contributed by atoms with van der Waals surface area (Å²) >= 11 is 0. The highest BCUT2D eigenvalue weighted by Crippen LogP contribution is 2.28. The number of fused-ring (bicyclic) bond motifs is 1. The summed E-state index contributed by atoms with van der Waals surface area (Å²) in [6, 6.07) is 13.4. The second-order valence-electron chi connectivity index (χ2n) is 7.41. The number of carbonyl (C=O) groups excluding carboxylic acids is 2. The van der Waals surface area contributed by atoms with E-state index in [4.69, 9.17) is 11.0 Å². The molecule has 2 heterocycles. The number of rotatable bonds is 4. The maximum Gasteiger partial charge on any atom is 0.252 e. The lowest BCUT2D eigenvalue weighted by Crippen LogP contribution is -2.32. The molecule has 4 rings (SSSR count). The number of halogens is 1. The molecule has 2 amide bonds. The Hall–Kier alpha value is -4.03. The Morgan fingerprint density at radius 1 is 1.28 bits per heavy atom. The number of anilines is 1. The first-order valence-corrected chi connectivity index (χ1v) is 9.89. The molecule has 8 nitrogen and oxygen atoms in total. The number of nitriles is 1. The molecule has 0 fully saturated rings. The van der Waals surface area contributed by atoms with Crippen molar-refractivity contribution >= 4 is 18.0 Å². The van der Waals surface area contributed by atoms with Gasteiger partial charge in [0, 0.05) is 24.3 Å². The predicted octanol–water partition coefficient (Wildman–Crippen LogP) is 2.67. The van der Waals surface area contributed by atoms with Gasteiger partial charge in [-0.3, -0.25) is 19.2 Å². The van der Waals surface area contributed by atoms with Crippen LogP contribution in [0.2, 0.25) is 0 Å². The average Bonchev–Trinajstić information content (AvgIpc) is 3.15. The molecule has 1 aromatic heterocycles. The lowest BCUT2D eigenvalue weighted by molar-refractivity contribution is -0.105. The van der Waals surface area contributed by atoms with Crippen molar-refractivity contribution in [3.63, 3.8) is 0 Å². The molecule has 1 aliphatic heterocycles. The summed E-state index contributed by atoms with van der Waals surface area (Å²) in [4.78, 5) is 24.0. The summed E-state index contributed by atoms with van der Waals surface area (Å²) in [5, 5.41) is 15.4. The molecular weight excluding hydrogens is 411 g/mol. The highest BCUT2D eigenvalue weighted by atomic mass is 19.1. The fraction of sp³-hybridized carbons (Fsp3) is 0.217. The third kappa shape index (κ3) is 4.99. The Balaban J connectivity index is 0.000000222. The van der Waals surface area contributed by atoms with Gasteiger partial charge in [0.15, 0.2) is 0 Å². The quantitative estimate of drug-likeness (QED) is 0.612. The molecule has 0 unspecified atom stereocenters. The van der Waals surface area contributed by atoms with Crippen LogP contribution in [-0.2, 0) is 17.9 Å². The second-order valence-corrected chi connectivity index (χ2v) is 7.41. The molecule has 0 radical (unpaired) electrons. The zero-order valence-electron chi connectivity index (χ0n) is 17.8. The van der Waals surface area contributed by atoms with E-state index in [2.05, 4.69) is 15.3 Å². The van der Waals surface area contributed by atoms with Gasteiger partial charge >= 0.3 is 0 Å². The van der Waals surface area contributed by atoms with Gasteiger partial charge in [-0.25, -0.2) is 4.39 Å². The number of aromatic nitrogens is 2. The molecule has 3 aromatic rings. The molecule has 0 aliphatic carbocycles. The number of nitrogens with two attached hydrogens (primary N) is 1. The zero-order valence-corrected chi connectivity index (χ0v) is 17.8. The van der Waals surface area contributed by atoms with Crippen LogP contribution in [0.4, 0.5) is 10.1 Å². The lowest BCUT2D eigenvalue weighted by atomic mass is 10.0. The number of aryl methyl sites for hydroxylation is 1. The van der Waals surface area contributed by atoms with Crippen LogP contribution in [0.1, 0.15) is 27.2 Å². The van der Waals surface area contributed by atoms with Gasteiger partial charge < -0.3 is 11.1 Å². The van der Waals surface area contributed by atoms with Crippen molar-refractivity contribution in [2.24, 2.45) is 5.73 Å². The number of amides is 2. The summed E-state index contributed by atoms with van der Waals surface area (Å²) in [5.74, 6) is -0.772. The molecule has 32 heavy (non-hydrogen) atoms. The Morgan fingerprint density at radius 2 is 2.06 bits per heavy atom. The van der Waals surface area contributed by atoms with Crippen LogP contribution in [0, 0.1) is 24.1 Å². The molecular formula is C23H23FN6O2. The number of nitrogens with one attached hydrogen (secondary N) is 1. The molecule has 1 aliphatic rings. The van der Waals surface area contributed by atoms with Crippen LogP contribution in [0.25, 0.3) is 11.3 Å². The molecule has 0 bridgehead atoms. The number of nitrogens with zero attached hydrogens (tertiary/aromatic N) is 4. The van der Waals surface area contributed by atoms with Gasteiger partial charge in [-0.1, -0.05) is 6.07 Å². The van der Waals surface area contributed by atoms with Crippen LogP contribution in [0.15, 0.2) is 42.5 Å². The van der Waals surface area contributed by atoms with Crippen LogP contribution in [0.5, 0.6) is 0 Å². The minimum absolute atomic E-state index is 0.275. The van der Waals surface area contributed by atoms with E-state index in [0.29, 0.717) is 53.1 Å². The molecule has 0 spiro atoms. The Kier molecular flexibility index (Phi) is 6.97. The Bertz CT molecular complexity index is 1200. The number of carbonyl (C=O) groups is 2. The summed E-state index contributed by atoms with van der Waals surface area (Å²) in [5.41, 5.74) is 9.76. The van der Waals surface area contributed by atoms with E-state index < -0.39 is 5.91 Å². The van der Waals surface area contributed by atoms with Crippen molar-refractivity contribution in [3.8, 4) is 17.3 Å². The zero-order chi connectivity index (χ0) is 23.3. The van der Waals surface area contributed by atoms with Crippen LogP contribution in [0.3, 0.4) is 0 Å². The van der Waals surface area contributed by atoms with Gasteiger partial charge in [-0.15, -0.1) is 0 Å². The summed E-state index contributed by atoms with van der Waals surface area (Å²) in [6.45, 7) is 3.90. The molecule has 9 heteroatoms. The first kappa shape index (κ1) is 22.7. The van der Waals surface area contributed by atoms with Crippen molar-refractivity contribution in [3.05, 3.63) is 70.7 Å². The first-order valence-electron chi connectivity index (χ1n) is 9.89. The highest BCUT2D eigenvalue weighted by Gasteiger charge is 2.26. The van der Waals surface area contributed by atoms with E-state index in [9.17, 15) is 14.0 Å². The summed E-state index contributed by atoms with van der Waals surface area (Å²) in [6.07, 6.45) is 0.580. The van der Waals surface area contributed by atoms with Gasteiger partial charge in [0.2, 0.25) is 6.41 Å². The lowest BCUT2D eigenvalue weighted by Gasteiger charge is -2.23. The summed E-state index contributed by atoms with van der Waals surface area (Å²) < 4.78 is 15.3. The average molecular weight is 434 g/mol. The van der Waals surface area contributed by atoms with Crippen molar-refractivity contribution < 1.29 is 14.0 Å². The fourth-order valence-electron chi connectivity index (χ4n) is 3.44. The van der Waals surface area contributed by atoms with E-state index in [-0.39, 0.29) is 5.82 Å². The standard InChI is InChI=1S/C15H17FN4O.C8H6N2O/c1-9-7-10(3-4-11(9)16)14-13(15(17)21)12-8-19(2)5-6-20(12)18-14;9-5-7-2-1-3-8(4-7)10-6-11/h3-4,7H,5-6,8H2,1-2H3,(H2,17,21);1-4,6H,(H,10,11). The van der Waals surface area contributed by atoms with E-state index in [0.717, 1.165) is 12.2 Å². The van der Waals surface area contributed by atoms with Gasteiger partial charge in [-0.05, 0) is 55.9 Å². The van der Waals surface area contributed by atoms with Crippen LogP contribution in [-0.4, -0.2) is 40.6 Å². The van der Waals surface area contributed by atoms with Crippen LogP contribution < -0.4 is 11.1 Å². The van der Waals surface area contributed by atoms with Gasteiger partial charge in [0.05, 0.1) is 29.4 Å². The van der Waals surface area contributed by atoms with Gasteiger partial charge in [-0.2, -0.15) is 10.4 Å². The molecule has 0 atom stereocenters.